The number of nitrogens with zero attached hydrogens (tertiary/aromatic N) is 3. The number of hydrogen-bond donors (Lipinski definition) is 2. The molecule has 1 aliphatic heterocycles. The van der Waals surface area contributed by atoms with Crippen molar-refractivity contribution in [1.82, 2.24) is 25.4 Å². The molecule has 2 N–H and O–H groups in total. The Balaban J connectivity index is 1.83. The van der Waals surface area contributed by atoms with Crippen molar-refractivity contribution < 1.29 is 9.53 Å². The Morgan fingerprint density at radius 2 is 2.10 bits per heavy atom. The van der Waals surface area contributed by atoms with E-state index in [0.717, 1.165) is 38.7 Å². The van der Waals surface area contributed by atoms with Gasteiger partial charge in [0.25, 0.3) is 5.91 Å². The molecule has 7 heteroatoms. The smallest absolute Gasteiger partial charge is 0.291 e. The van der Waals surface area contributed by atoms with E-state index in [2.05, 4.69) is 25.4 Å². The van der Waals surface area contributed by atoms with Crippen LogP contribution in [0.4, 0.5) is 0 Å². The van der Waals surface area contributed by atoms with Gasteiger partial charge in [-0.2, -0.15) is 0 Å². The number of H-pyrrole nitrogens is 1. The third kappa shape index (κ3) is 4.01. The van der Waals surface area contributed by atoms with Gasteiger partial charge in [-0.05, 0) is 6.92 Å². The summed E-state index contributed by atoms with van der Waals surface area (Å²) in [6.45, 7) is 10.2. The van der Waals surface area contributed by atoms with Crippen LogP contribution in [0.2, 0.25) is 0 Å². The Hall–Kier alpha value is -1.47. The summed E-state index contributed by atoms with van der Waals surface area (Å²) >= 11 is 0. The van der Waals surface area contributed by atoms with E-state index in [1.807, 2.05) is 20.8 Å². The van der Waals surface area contributed by atoms with Gasteiger partial charge in [0.05, 0.1) is 13.2 Å². The molecule has 0 radical (unpaired) electrons. The zero-order chi connectivity index (χ0) is 14.5. The molecule has 1 amide bonds. The number of carbonyl (C=O) groups is 1. The summed E-state index contributed by atoms with van der Waals surface area (Å²) in [7, 11) is 0. The maximum atomic E-state index is 12.0. The number of ether oxygens (including phenoxy) is 1. The van der Waals surface area contributed by atoms with Crippen molar-refractivity contribution in [3.05, 3.63) is 11.6 Å². The van der Waals surface area contributed by atoms with Gasteiger partial charge in [0, 0.05) is 31.6 Å². The van der Waals surface area contributed by atoms with E-state index in [0.29, 0.717) is 0 Å². The van der Waals surface area contributed by atoms with Crippen LogP contribution in [0.3, 0.4) is 0 Å². The number of morpholine rings is 1. The lowest BCUT2D eigenvalue weighted by molar-refractivity contribution is 0.0342. The standard InChI is InChI=1S/C13H23N5O2/c1-9(2)11-15-12(17-16-11)13(19)14-10(3)8-18-4-6-20-7-5-18/h9-10H,4-8H2,1-3H3,(H,14,19)(H,15,16,17). The molecule has 1 fully saturated rings. The molecule has 1 aromatic rings. The molecule has 1 aliphatic rings. The third-order valence-electron chi connectivity index (χ3n) is 3.27. The summed E-state index contributed by atoms with van der Waals surface area (Å²) in [5.74, 6) is 0.947. The van der Waals surface area contributed by atoms with Crippen LogP contribution in [-0.2, 0) is 4.74 Å². The monoisotopic (exact) mass is 281 g/mol. The third-order valence-corrected chi connectivity index (χ3v) is 3.27. The normalized spacial score (nSPS) is 18.2. The molecule has 2 heterocycles. The largest absolute Gasteiger partial charge is 0.379 e. The van der Waals surface area contributed by atoms with E-state index in [-0.39, 0.29) is 23.7 Å². The van der Waals surface area contributed by atoms with E-state index in [1.165, 1.54) is 0 Å². The first-order chi connectivity index (χ1) is 9.56. The van der Waals surface area contributed by atoms with Crippen molar-refractivity contribution >= 4 is 5.91 Å². The average Bonchev–Trinajstić information content (AvgIpc) is 2.89. The van der Waals surface area contributed by atoms with E-state index in [9.17, 15) is 4.79 Å². The minimum absolute atomic E-state index is 0.0570. The molecule has 1 atom stereocenters. The molecule has 0 aliphatic carbocycles. The first-order valence-electron chi connectivity index (χ1n) is 7.09. The molecule has 112 valence electrons. The van der Waals surface area contributed by atoms with Crippen LogP contribution in [0.25, 0.3) is 0 Å². The van der Waals surface area contributed by atoms with Crippen LogP contribution in [0.5, 0.6) is 0 Å². The van der Waals surface area contributed by atoms with Gasteiger partial charge in [-0.3, -0.25) is 14.8 Å². The lowest BCUT2D eigenvalue weighted by Gasteiger charge is -2.29. The molecular weight excluding hydrogens is 258 g/mol. The molecule has 0 bridgehead atoms. The van der Waals surface area contributed by atoms with Gasteiger partial charge in [0.1, 0.15) is 5.82 Å². The predicted molar refractivity (Wildman–Crippen MR) is 74.7 cm³/mol. The second-order valence-corrected chi connectivity index (χ2v) is 5.49. The summed E-state index contributed by atoms with van der Waals surface area (Å²) < 4.78 is 5.30. The molecule has 20 heavy (non-hydrogen) atoms. The summed E-state index contributed by atoms with van der Waals surface area (Å²) in [5, 5.41) is 9.68. The molecule has 0 spiro atoms. The molecule has 7 nitrogen and oxygen atoms in total. The first kappa shape index (κ1) is 14.9. The number of aromatic amines is 1. The molecule has 0 aromatic carbocycles. The number of carbonyl (C=O) groups excluding carboxylic acids is 1. The molecule has 1 saturated heterocycles. The maximum Gasteiger partial charge on any atom is 0.291 e. The van der Waals surface area contributed by atoms with E-state index >= 15 is 0 Å². The Morgan fingerprint density at radius 3 is 2.70 bits per heavy atom. The van der Waals surface area contributed by atoms with Gasteiger partial charge in [-0.15, -0.1) is 5.10 Å². The topological polar surface area (TPSA) is 83.1 Å². The average molecular weight is 281 g/mol. The fourth-order valence-corrected chi connectivity index (χ4v) is 2.14. The van der Waals surface area contributed by atoms with Gasteiger partial charge in [-0.25, -0.2) is 4.98 Å². The fourth-order valence-electron chi connectivity index (χ4n) is 2.14. The van der Waals surface area contributed by atoms with Crippen LogP contribution in [0.15, 0.2) is 0 Å². The minimum Gasteiger partial charge on any atom is -0.379 e. The molecule has 1 unspecified atom stereocenters. The highest BCUT2D eigenvalue weighted by atomic mass is 16.5. The summed E-state index contributed by atoms with van der Waals surface area (Å²) in [5.41, 5.74) is 0. The van der Waals surface area contributed by atoms with Gasteiger partial charge < -0.3 is 10.1 Å². The zero-order valence-electron chi connectivity index (χ0n) is 12.3. The molecule has 1 aromatic heterocycles. The van der Waals surface area contributed by atoms with Crippen molar-refractivity contribution in [2.45, 2.75) is 32.7 Å². The van der Waals surface area contributed by atoms with Gasteiger partial charge >= 0.3 is 0 Å². The van der Waals surface area contributed by atoms with Gasteiger partial charge in [0.15, 0.2) is 0 Å². The Bertz CT molecular complexity index is 440. The Kier molecular flexibility index (Phi) is 5.08. The van der Waals surface area contributed by atoms with Gasteiger partial charge in [0.2, 0.25) is 5.82 Å². The summed E-state index contributed by atoms with van der Waals surface area (Å²) in [4.78, 5) is 18.5. The number of hydrogen-bond acceptors (Lipinski definition) is 5. The van der Waals surface area contributed by atoms with Crippen molar-refractivity contribution in [1.29, 1.82) is 0 Å². The SMILES string of the molecule is CC(CN1CCOCC1)NC(=O)c1n[nH]c(C(C)C)n1. The summed E-state index contributed by atoms with van der Waals surface area (Å²) in [6, 6.07) is 0.0570. The number of rotatable bonds is 5. The second-order valence-electron chi connectivity index (χ2n) is 5.49. The molecular formula is C13H23N5O2. The zero-order valence-corrected chi connectivity index (χ0v) is 12.3. The minimum atomic E-state index is -0.228. The van der Waals surface area contributed by atoms with Crippen LogP contribution < -0.4 is 5.32 Å². The highest BCUT2D eigenvalue weighted by molar-refractivity contribution is 5.90. The van der Waals surface area contributed by atoms with E-state index < -0.39 is 0 Å². The van der Waals surface area contributed by atoms with Crippen LogP contribution >= 0.6 is 0 Å². The lowest BCUT2D eigenvalue weighted by Crippen LogP contribution is -2.46. The van der Waals surface area contributed by atoms with Crippen LogP contribution in [-0.4, -0.2) is 64.9 Å². The number of nitrogens with one attached hydrogen (secondary N) is 2. The second kappa shape index (κ2) is 6.81. The van der Waals surface area contributed by atoms with Crippen molar-refractivity contribution in [3.8, 4) is 0 Å². The fraction of sp³-hybridized carbons (Fsp3) is 0.769. The van der Waals surface area contributed by atoms with Gasteiger partial charge in [-0.1, -0.05) is 13.8 Å². The number of aromatic nitrogens is 3. The molecule has 2 rings (SSSR count). The van der Waals surface area contributed by atoms with E-state index in [4.69, 9.17) is 4.74 Å². The Labute approximate surface area is 119 Å². The van der Waals surface area contributed by atoms with Crippen LogP contribution in [0.1, 0.15) is 43.1 Å². The summed E-state index contributed by atoms with van der Waals surface area (Å²) in [6.07, 6.45) is 0. The van der Waals surface area contributed by atoms with Crippen molar-refractivity contribution in [2.75, 3.05) is 32.8 Å². The maximum absolute atomic E-state index is 12.0. The van der Waals surface area contributed by atoms with Crippen LogP contribution in [0, 0.1) is 0 Å². The highest BCUT2D eigenvalue weighted by Gasteiger charge is 2.18. The Morgan fingerprint density at radius 1 is 1.40 bits per heavy atom. The predicted octanol–water partition coefficient (Wildman–Crippen LogP) is 0.379. The van der Waals surface area contributed by atoms with Crippen molar-refractivity contribution in [2.24, 2.45) is 0 Å². The highest BCUT2D eigenvalue weighted by Crippen LogP contribution is 2.07. The van der Waals surface area contributed by atoms with Crippen molar-refractivity contribution in [3.63, 3.8) is 0 Å². The quantitative estimate of drug-likeness (QED) is 0.815. The van der Waals surface area contributed by atoms with E-state index in [1.54, 1.807) is 0 Å². The number of amides is 1. The lowest BCUT2D eigenvalue weighted by atomic mass is 10.2. The molecule has 0 saturated carbocycles. The first-order valence-corrected chi connectivity index (χ1v) is 7.09.